The number of nitrogens with zero attached hydrogens (tertiary/aromatic N) is 1. The predicted molar refractivity (Wildman–Crippen MR) is 125 cm³/mol. The number of para-hydroxylation sites is 1. The molecule has 0 aliphatic heterocycles. The van der Waals surface area contributed by atoms with Crippen LogP contribution >= 0.6 is 39.1 Å². The van der Waals surface area contributed by atoms with Crippen LogP contribution in [0.1, 0.15) is 23.6 Å². The lowest BCUT2D eigenvalue weighted by molar-refractivity contribution is 0.267. The van der Waals surface area contributed by atoms with Gasteiger partial charge in [0.2, 0.25) is 0 Å². The van der Waals surface area contributed by atoms with Crippen LogP contribution < -0.4 is 9.47 Å². The van der Waals surface area contributed by atoms with E-state index in [9.17, 15) is 0 Å². The molecule has 0 aliphatic carbocycles. The molecule has 0 atom stereocenters. The minimum absolute atomic E-state index is 0.297. The van der Waals surface area contributed by atoms with Crippen molar-refractivity contribution in [3.05, 3.63) is 85.8 Å². The Bertz CT molecular complexity index is 1040. The Hall–Kier alpha value is -2.01. The summed E-state index contributed by atoms with van der Waals surface area (Å²) in [6.45, 7) is 4.78. The average molecular weight is 493 g/mol. The van der Waals surface area contributed by atoms with E-state index < -0.39 is 0 Å². The van der Waals surface area contributed by atoms with Crippen LogP contribution in [0.4, 0.5) is 5.69 Å². The molecule has 0 aromatic heterocycles. The van der Waals surface area contributed by atoms with Crippen molar-refractivity contribution in [2.45, 2.75) is 20.5 Å². The number of benzene rings is 3. The summed E-state index contributed by atoms with van der Waals surface area (Å²) < 4.78 is 12.6. The van der Waals surface area contributed by atoms with E-state index in [0.29, 0.717) is 34.8 Å². The van der Waals surface area contributed by atoms with Gasteiger partial charge in [0.1, 0.15) is 6.61 Å². The molecule has 6 heteroatoms. The molecule has 3 aromatic carbocycles. The number of hydrogen-bond acceptors (Lipinski definition) is 3. The van der Waals surface area contributed by atoms with E-state index in [1.165, 1.54) is 0 Å². The van der Waals surface area contributed by atoms with E-state index >= 15 is 0 Å². The maximum atomic E-state index is 6.25. The van der Waals surface area contributed by atoms with Gasteiger partial charge in [0.05, 0.1) is 16.8 Å². The Morgan fingerprint density at radius 2 is 1.83 bits per heavy atom. The number of aliphatic imine (C=N–C) groups is 1. The molecule has 0 aliphatic rings. The fourth-order valence-electron chi connectivity index (χ4n) is 2.71. The minimum atomic E-state index is 0.297. The van der Waals surface area contributed by atoms with Crippen LogP contribution in [0.2, 0.25) is 10.0 Å². The first-order valence-corrected chi connectivity index (χ1v) is 10.7. The summed E-state index contributed by atoms with van der Waals surface area (Å²) in [5.41, 5.74) is 3.79. The van der Waals surface area contributed by atoms with E-state index in [1.54, 1.807) is 12.1 Å². The van der Waals surface area contributed by atoms with E-state index in [1.807, 2.05) is 62.5 Å². The first kappa shape index (κ1) is 21.7. The molecule has 0 fully saturated rings. The van der Waals surface area contributed by atoms with Crippen LogP contribution in [0, 0.1) is 6.92 Å². The summed E-state index contributed by atoms with van der Waals surface area (Å²) in [6.07, 6.45) is 1.81. The highest BCUT2D eigenvalue weighted by Gasteiger charge is 2.13. The summed E-state index contributed by atoms with van der Waals surface area (Å²) in [7, 11) is 0. The van der Waals surface area contributed by atoms with Crippen LogP contribution in [0.5, 0.6) is 11.5 Å². The Morgan fingerprint density at radius 1 is 1.03 bits per heavy atom. The van der Waals surface area contributed by atoms with Crippen molar-refractivity contribution in [1.82, 2.24) is 0 Å². The lowest BCUT2D eigenvalue weighted by Gasteiger charge is -2.15. The average Bonchev–Trinajstić information content (AvgIpc) is 2.68. The van der Waals surface area contributed by atoms with E-state index in [-0.39, 0.29) is 0 Å². The Kier molecular flexibility index (Phi) is 7.59. The molecule has 0 bridgehead atoms. The molecular weight excluding hydrogens is 473 g/mol. The van der Waals surface area contributed by atoms with Gasteiger partial charge in [-0.1, -0.05) is 47.5 Å². The zero-order chi connectivity index (χ0) is 20.8. The van der Waals surface area contributed by atoms with Crippen molar-refractivity contribution in [3.63, 3.8) is 0 Å². The third-order valence-corrected chi connectivity index (χ3v) is 5.36. The zero-order valence-electron chi connectivity index (χ0n) is 16.1. The molecule has 0 radical (unpaired) electrons. The van der Waals surface area contributed by atoms with Gasteiger partial charge in [0, 0.05) is 21.8 Å². The van der Waals surface area contributed by atoms with Crippen LogP contribution in [0.25, 0.3) is 0 Å². The van der Waals surface area contributed by atoms with E-state index in [0.717, 1.165) is 26.9 Å². The molecule has 0 heterocycles. The second-order valence-electron chi connectivity index (χ2n) is 6.33. The third-order valence-electron chi connectivity index (χ3n) is 4.19. The van der Waals surface area contributed by atoms with Gasteiger partial charge in [0.25, 0.3) is 0 Å². The minimum Gasteiger partial charge on any atom is -0.490 e. The second-order valence-corrected chi connectivity index (χ2v) is 8.03. The third kappa shape index (κ3) is 5.75. The quantitative estimate of drug-likeness (QED) is 0.315. The first-order valence-electron chi connectivity index (χ1n) is 9.10. The van der Waals surface area contributed by atoms with Crippen LogP contribution in [-0.2, 0) is 6.61 Å². The molecular formula is C23H20BrCl2NO2. The lowest BCUT2D eigenvalue weighted by Crippen LogP contribution is -2.02. The van der Waals surface area contributed by atoms with Gasteiger partial charge < -0.3 is 9.47 Å². The fourth-order valence-corrected chi connectivity index (χ4v) is 3.74. The Balaban J connectivity index is 1.85. The summed E-state index contributed by atoms with van der Waals surface area (Å²) >= 11 is 15.8. The molecule has 0 spiro atoms. The maximum absolute atomic E-state index is 6.25. The van der Waals surface area contributed by atoms with Gasteiger partial charge in [-0.25, -0.2) is 0 Å². The van der Waals surface area contributed by atoms with Crippen molar-refractivity contribution in [2.24, 2.45) is 4.99 Å². The van der Waals surface area contributed by atoms with Gasteiger partial charge in [-0.05, 0) is 71.2 Å². The molecule has 3 nitrogen and oxygen atoms in total. The predicted octanol–water partition coefficient (Wildman–Crippen LogP) is 7.79. The van der Waals surface area contributed by atoms with Crippen LogP contribution in [0.15, 0.2) is 64.1 Å². The largest absolute Gasteiger partial charge is 0.490 e. The topological polar surface area (TPSA) is 30.8 Å². The number of rotatable bonds is 7. The highest BCUT2D eigenvalue weighted by molar-refractivity contribution is 9.10. The van der Waals surface area contributed by atoms with Crippen molar-refractivity contribution in [2.75, 3.05) is 6.61 Å². The fraction of sp³-hybridized carbons (Fsp3) is 0.174. The standard InChI is InChI=1S/C23H20BrCl2NO2/c1-3-28-22-11-16(13-27-21-7-5-4-6-15(21)2)10-19(24)23(22)29-14-17-8-9-18(25)12-20(17)26/h4-13H,3,14H2,1-2H3. The number of hydrogen-bond donors (Lipinski definition) is 0. The highest BCUT2D eigenvalue weighted by atomic mass is 79.9. The molecule has 29 heavy (non-hydrogen) atoms. The molecule has 0 amide bonds. The number of aryl methyl sites for hydroxylation is 1. The molecule has 3 aromatic rings. The van der Waals surface area contributed by atoms with Gasteiger partial charge in [-0.2, -0.15) is 0 Å². The van der Waals surface area contributed by atoms with Gasteiger partial charge in [-0.3, -0.25) is 4.99 Å². The van der Waals surface area contributed by atoms with Gasteiger partial charge in [0.15, 0.2) is 11.5 Å². The number of ether oxygens (including phenoxy) is 2. The smallest absolute Gasteiger partial charge is 0.175 e. The molecule has 3 rings (SSSR count). The molecule has 0 saturated carbocycles. The Morgan fingerprint density at radius 3 is 2.55 bits per heavy atom. The second kappa shape index (κ2) is 10.1. The summed E-state index contributed by atoms with van der Waals surface area (Å²) in [5, 5.41) is 1.15. The summed E-state index contributed by atoms with van der Waals surface area (Å²) in [5.74, 6) is 1.25. The summed E-state index contributed by atoms with van der Waals surface area (Å²) in [6, 6.07) is 17.2. The molecule has 0 saturated heterocycles. The molecule has 0 unspecified atom stereocenters. The Labute approximate surface area is 189 Å². The SMILES string of the molecule is CCOc1cc(C=Nc2ccccc2C)cc(Br)c1OCc1ccc(Cl)cc1Cl. The van der Waals surface area contributed by atoms with Gasteiger partial charge >= 0.3 is 0 Å². The molecule has 150 valence electrons. The monoisotopic (exact) mass is 491 g/mol. The van der Waals surface area contributed by atoms with Gasteiger partial charge in [-0.15, -0.1) is 0 Å². The van der Waals surface area contributed by atoms with E-state index in [2.05, 4.69) is 20.9 Å². The molecule has 0 N–H and O–H groups in total. The van der Waals surface area contributed by atoms with Crippen LogP contribution in [0.3, 0.4) is 0 Å². The highest BCUT2D eigenvalue weighted by Crippen LogP contribution is 2.37. The van der Waals surface area contributed by atoms with Crippen molar-refractivity contribution in [3.8, 4) is 11.5 Å². The first-order chi connectivity index (χ1) is 14.0. The summed E-state index contributed by atoms with van der Waals surface area (Å²) in [4.78, 5) is 4.59. The van der Waals surface area contributed by atoms with Crippen LogP contribution in [-0.4, -0.2) is 12.8 Å². The van der Waals surface area contributed by atoms with Crippen molar-refractivity contribution < 1.29 is 9.47 Å². The van der Waals surface area contributed by atoms with E-state index in [4.69, 9.17) is 32.7 Å². The van der Waals surface area contributed by atoms with Crippen molar-refractivity contribution in [1.29, 1.82) is 0 Å². The maximum Gasteiger partial charge on any atom is 0.175 e. The lowest BCUT2D eigenvalue weighted by atomic mass is 10.2. The number of halogens is 3. The normalized spacial score (nSPS) is 11.1. The zero-order valence-corrected chi connectivity index (χ0v) is 19.2. The van der Waals surface area contributed by atoms with Crippen molar-refractivity contribution >= 4 is 51.0 Å².